The molecule has 0 aromatic heterocycles. The maximum absolute atomic E-state index is 11.2. The zero-order valence-corrected chi connectivity index (χ0v) is 9.96. The molecule has 1 aromatic carbocycles. The average molecular weight is 241 g/mol. The number of benzene rings is 1. The third-order valence-corrected chi connectivity index (χ3v) is 2.70. The first-order valence-electron chi connectivity index (χ1n) is 4.99. The number of hydrogen-bond donors (Lipinski definition) is 1. The molecule has 0 aliphatic rings. The molecule has 0 saturated heterocycles. The van der Waals surface area contributed by atoms with Gasteiger partial charge in [-0.3, -0.25) is 4.21 Å². The molecule has 1 N–H and O–H groups in total. The number of nitrogens with one attached hydrogen (secondary N) is 1. The summed E-state index contributed by atoms with van der Waals surface area (Å²) in [6.45, 7) is 0.477. The van der Waals surface area contributed by atoms with Gasteiger partial charge < -0.3 is 10.1 Å². The Morgan fingerprint density at radius 3 is 2.69 bits per heavy atom. The lowest BCUT2D eigenvalue weighted by atomic mass is 10.3. The molecule has 1 unspecified atom stereocenters. The summed E-state index contributed by atoms with van der Waals surface area (Å²) in [7, 11) is -0.810. The molecule has 1 rings (SSSR count). The lowest BCUT2D eigenvalue weighted by molar-refractivity contribution is 0.200. The van der Waals surface area contributed by atoms with Crippen LogP contribution in [0.15, 0.2) is 30.3 Å². The molecule has 0 bridgehead atoms. The van der Waals surface area contributed by atoms with Gasteiger partial charge in [0.05, 0.1) is 0 Å². The minimum Gasteiger partial charge on any atom is -0.410 e. The molecule has 1 aromatic rings. The Hall–Kier alpha value is -1.36. The van der Waals surface area contributed by atoms with Crippen LogP contribution in [0.1, 0.15) is 6.42 Å². The first-order valence-corrected chi connectivity index (χ1v) is 6.72. The fraction of sp³-hybridized carbons (Fsp3) is 0.364. The Morgan fingerprint density at radius 1 is 1.38 bits per heavy atom. The highest BCUT2D eigenvalue weighted by Crippen LogP contribution is 2.07. The van der Waals surface area contributed by atoms with Gasteiger partial charge in [0.25, 0.3) is 0 Å². The van der Waals surface area contributed by atoms with E-state index in [0.29, 0.717) is 24.5 Å². The van der Waals surface area contributed by atoms with Crippen molar-refractivity contribution in [3.8, 4) is 5.75 Å². The Labute approximate surface area is 97.5 Å². The summed E-state index contributed by atoms with van der Waals surface area (Å²) in [6, 6.07) is 8.86. The second-order valence-corrected chi connectivity index (χ2v) is 4.81. The first kappa shape index (κ1) is 12.7. The van der Waals surface area contributed by atoms with Crippen molar-refractivity contribution < 1.29 is 13.7 Å². The Morgan fingerprint density at radius 2 is 2.06 bits per heavy atom. The molecule has 16 heavy (non-hydrogen) atoms. The molecule has 0 aliphatic carbocycles. The maximum Gasteiger partial charge on any atom is 0.412 e. The molecule has 88 valence electrons. The van der Waals surface area contributed by atoms with E-state index in [1.807, 2.05) is 6.07 Å². The molecule has 0 fully saturated rings. The van der Waals surface area contributed by atoms with Crippen LogP contribution in [0.25, 0.3) is 0 Å². The molecule has 4 nitrogen and oxygen atoms in total. The predicted molar refractivity (Wildman–Crippen MR) is 64.0 cm³/mol. The van der Waals surface area contributed by atoms with Gasteiger partial charge in [0.2, 0.25) is 0 Å². The summed E-state index contributed by atoms with van der Waals surface area (Å²) in [6.07, 6.45) is 1.85. The van der Waals surface area contributed by atoms with E-state index in [0.717, 1.165) is 0 Å². The van der Waals surface area contributed by atoms with Gasteiger partial charge in [-0.25, -0.2) is 4.79 Å². The van der Waals surface area contributed by atoms with Gasteiger partial charge in [0, 0.05) is 29.4 Å². The van der Waals surface area contributed by atoms with Crippen molar-refractivity contribution in [3.05, 3.63) is 30.3 Å². The molecule has 0 aliphatic heterocycles. The molecule has 0 heterocycles. The van der Waals surface area contributed by atoms with Crippen LogP contribution < -0.4 is 10.1 Å². The zero-order chi connectivity index (χ0) is 11.8. The third kappa shape index (κ3) is 5.50. The molecular weight excluding hydrogens is 226 g/mol. The van der Waals surface area contributed by atoms with Crippen molar-refractivity contribution in [2.24, 2.45) is 0 Å². The van der Waals surface area contributed by atoms with Crippen molar-refractivity contribution in [3.63, 3.8) is 0 Å². The minimum atomic E-state index is -0.810. The van der Waals surface area contributed by atoms with Crippen molar-refractivity contribution in [2.75, 3.05) is 18.6 Å². The largest absolute Gasteiger partial charge is 0.412 e. The van der Waals surface area contributed by atoms with E-state index >= 15 is 0 Å². The Bertz CT molecular complexity index is 354. The molecule has 0 radical (unpaired) electrons. The lowest BCUT2D eigenvalue weighted by Gasteiger charge is -2.05. The molecule has 0 spiro atoms. The average Bonchev–Trinajstić information content (AvgIpc) is 2.25. The predicted octanol–water partition coefficient (Wildman–Crippen LogP) is 1.54. The standard InChI is InChI=1S/C11H15NO3S/c1-16(14)9-5-8-12-11(13)15-10-6-3-2-4-7-10/h2-4,6-7H,5,8-9H2,1H3,(H,12,13). The summed E-state index contributed by atoms with van der Waals surface area (Å²) in [5.74, 6) is 1.10. The van der Waals surface area contributed by atoms with E-state index < -0.39 is 16.9 Å². The summed E-state index contributed by atoms with van der Waals surface area (Å²) in [4.78, 5) is 11.2. The topological polar surface area (TPSA) is 55.4 Å². The number of amides is 1. The first-order chi connectivity index (χ1) is 7.68. The number of hydrogen-bond acceptors (Lipinski definition) is 3. The van der Waals surface area contributed by atoms with Gasteiger partial charge in [0.1, 0.15) is 5.75 Å². The summed E-state index contributed by atoms with van der Waals surface area (Å²) in [5.41, 5.74) is 0. The number of carbonyl (C=O) groups is 1. The van der Waals surface area contributed by atoms with Crippen LogP contribution in [0.2, 0.25) is 0 Å². The Balaban J connectivity index is 2.19. The van der Waals surface area contributed by atoms with Gasteiger partial charge in [-0.15, -0.1) is 0 Å². The lowest BCUT2D eigenvalue weighted by Crippen LogP contribution is -2.28. The second-order valence-electron chi connectivity index (χ2n) is 3.26. The van der Waals surface area contributed by atoms with Crippen molar-refractivity contribution in [1.82, 2.24) is 5.32 Å². The number of carbonyl (C=O) groups excluding carboxylic acids is 1. The van der Waals surface area contributed by atoms with Crippen molar-refractivity contribution in [1.29, 1.82) is 0 Å². The van der Waals surface area contributed by atoms with Gasteiger partial charge >= 0.3 is 6.09 Å². The van der Waals surface area contributed by atoms with Crippen LogP contribution in [0.4, 0.5) is 4.79 Å². The second kappa shape index (κ2) is 7.00. The fourth-order valence-electron chi connectivity index (χ4n) is 1.10. The molecule has 1 amide bonds. The number of ether oxygens (including phenoxy) is 1. The molecular formula is C11H15NO3S. The van der Waals surface area contributed by atoms with Crippen LogP contribution >= 0.6 is 0 Å². The molecule has 0 saturated carbocycles. The Kier molecular flexibility index (Phi) is 5.56. The van der Waals surface area contributed by atoms with Gasteiger partial charge in [-0.2, -0.15) is 0 Å². The van der Waals surface area contributed by atoms with E-state index in [9.17, 15) is 9.00 Å². The minimum absolute atomic E-state index is 0.477. The number of rotatable bonds is 5. The highest BCUT2D eigenvalue weighted by Gasteiger charge is 2.02. The molecule has 5 heteroatoms. The summed E-state index contributed by atoms with van der Waals surface area (Å²) >= 11 is 0. The van der Waals surface area contributed by atoms with Crippen LogP contribution in [-0.2, 0) is 10.8 Å². The normalized spacial score (nSPS) is 11.8. The van der Waals surface area contributed by atoms with Crippen LogP contribution in [0.3, 0.4) is 0 Å². The smallest absolute Gasteiger partial charge is 0.410 e. The van der Waals surface area contributed by atoms with Crippen molar-refractivity contribution >= 4 is 16.9 Å². The van der Waals surface area contributed by atoms with E-state index in [4.69, 9.17) is 4.74 Å². The summed E-state index contributed by atoms with van der Waals surface area (Å²) < 4.78 is 15.7. The zero-order valence-electron chi connectivity index (χ0n) is 9.14. The SMILES string of the molecule is CS(=O)CCCNC(=O)Oc1ccccc1. The highest BCUT2D eigenvalue weighted by molar-refractivity contribution is 7.84. The van der Waals surface area contributed by atoms with Gasteiger partial charge in [0.15, 0.2) is 0 Å². The van der Waals surface area contributed by atoms with Crippen LogP contribution in [-0.4, -0.2) is 28.9 Å². The number of para-hydroxylation sites is 1. The highest BCUT2D eigenvalue weighted by atomic mass is 32.2. The monoisotopic (exact) mass is 241 g/mol. The quantitative estimate of drug-likeness (QED) is 0.796. The third-order valence-electron chi connectivity index (χ3n) is 1.83. The molecule has 1 atom stereocenters. The van der Waals surface area contributed by atoms with E-state index in [2.05, 4.69) is 5.32 Å². The van der Waals surface area contributed by atoms with E-state index in [1.54, 1.807) is 30.5 Å². The van der Waals surface area contributed by atoms with Crippen LogP contribution in [0, 0.1) is 0 Å². The van der Waals surface area contributed by atoms with Gasteiger partial charge in [-0.05, 0) is 18.6 Å². The maximum atomic E-state index is 11.2. The van der Waals surface area contributed by atoms with E-state index in [1.165, 1.54) is 0 Å². The van der Waals surface area contributed by atoms with E-state index in [-0.39, 0.29) is 0 Å². The van der Waals surface area contributed by atoms with Gasteiger partial charge in [-0.1, -0.05) is 18.2 Å². The fourth-order valence-corrected chi connectivity index (χ4v) is 1.65. The van der Waals surface area contributed by atoms with Crippen LogP contribution in [0.5, 0.6) is 5.75 Å². The summed E-state index contributed by atoms with van der Waals surface area (Å²) in [5, 5.41) is 2.59. The van der Waals surface area contributed by atoms with Crippen molar-refractivity contribution in [2.45, 2.75) is 6.42 Å².